The van der Waals surface area contributed by atoms with Crippen LogP contribution < -0.4 is 47.5 Å². The van der Waals surface area contributed by atoms with E-state index in [1.165, 1.54) is 0 Å². The van der Waals surface area contributed by atoms with E-state index < -0.39 is 20.7 Å². The summed E-state index contributed by atoms with van der Waals surface area (Å²) in [6.45, 7) is -0.498. The van der Waals surface area contributed by atoms with Gasteiger partial charge in [-0.15, -0.1) is 0 Å². The van der Waals surface area contributed by atoms with Gasteiger partial charge in [-0.3, -0.25) is 0 Å². The van der Waals surface area contributed by atoms with Crippen LogP contribution in [0.15, 0.2) is 0 Å². The van der Waals surface area contributed by atoms with E-state index in [-0.39, 0.29) is 44.1 Å². The Morgan fingerprint density at radius 2 is 1.75 bits per heavy atom. The van der Waals surface area contributed by atoms with Crippen molar-refractivity contribution in [2.45, 2.75) is 12.7 Å². The molecule has 0 aromatic rings. The zero-order valence-electron chi connectivity index (χ0n) is 6.97. The third-order valence-corrected chi connectivity index (χ3v) is 1.12. The van der Waals surface area contributed by atoms with E-state index in [0.29, 0.717) is 0 Å². The van der Waals surface area contributed by atoms with Gasteiger partial charge >= 0.3 is 37.7 Å². The van der Waals surface area contributed by atoms with Crippen molar-refractivity contribution in [1.29, 1.82) is 0 Å². The summed E-state index contributed by atoms with van der Waals surface area (Å²) >= 11 is 0. The molecule has 0 unspecified atom stereocenters. The van der Waals surface area contributed by atoms with Crippen LogP contribution in [0.3, 0.4) is 0 Å². The average molecular weight is 184 g/mol. The normalized spacial score (nSPS) is 10.4. The van der Waals surface area contributed by atoms with Gasteiger partial charge in [-0.2, -0.15) is 0 Å². The summed E-state index contributed by atoms with van der Waals surface area (Å²) in [5, 5.41) is 16.3. The van der Waals surface area contributed by atoms with E-state index in [1.54, 1.807) is 0 Å². The van der Waals surface area contributed by atoms with E-state index in [4.69, 9.17) is 10.2 Å². The Balaban J connectivity index is -0.000000405. The largest absolute Gasteiger partial charge is 1.00 e. The smallest absolute Gasteiger partial charge is 0.790 e. The quantitative estimate of drug-likeness (QED) is 0.255. The first-order valence-electron chi connectivity index (χ1n) is 2.44. The summed E-state index contributed by atoms with van der Waals surface area (Å²) in [5.41, 5.74) is 0. The summed E-state index contributed by atoms with van der Waals surface area (Å²) in [5.74, 6) is 0. The predicted octanol–water partition coefficient (Wildman–Crippen LogP) is -8.46. The van der Waals surface area contributed by atoms with Gasteiger partial charge in [0.05, 0.1) is 14.4 Å². The molecule has 0 radical (unpaired) electrons. The molecule has 0 aliphatic rings. The number of rotatable bonds is 4. The molecular weight excluding hydrogens is 177 g/mol. The molecule has 62 valence electrons. The van der Waals surface area contributed by atoms with E-state index in [1.807, 2.05) is 0 Å². The molecule has 0 saturated carbocycles. The zero-order valence-corrected chi connectivity index (χ0v) is 7.86. The number of hydrogen-bond donors (Lipinski definition) is 2. The van der Waals surface area contributed by atoms with E-state index in [9.17, 15) is 14.4 Å². The van der Waals surface area contributed by atoms with Crippen LogP contribution in [0.5, 0.6) is 0 Å². The summed E-state index contributed by atoms with van der Waals surface area (Å²) < 4.78 is 13.4. The fourth-order valence-electron chi connectivity index (χ4n) is 0.270. The van der Waals surface area contributed by atoms with Crippen molar-refractivity contribution in [2.75, 3.05) is 6.61 Å². The first kappa shape index (κ1) is 18.9. The third-order valence-electron chi connectivity index (χ3n) is 0.625. The van der Waals surface area contributed by atoms with Crippen molar-refractivity contribution in [2.24, 2.45) is 0 Å². The second kappa shape index (κ2) is 8.81. The third kappa shape index (κ3) is 17.3. The van der Waals surface area contributed by atoms with Gasteiger partial charge in [0.25, 0.3) is 0 Å². The maximum Gasteiger partial charge on any atom is 1.00 e. The molecule has 0 fully saturated rings. The molecule has 6 nitrogen and oxygen atoms in total. The Hall–Kier alpha value is 1.22. The molecule has 12 heavy (non-hydrogen) atoms. The van der Waals surface area contributed by atoms with Crippen molar-refractivity contribution >= 4 is 7.82 Å². The topological polar surface area (TPSA) is 113 Å². The SMILES string of the molecule is O=P([O-])([O-])OCCC(O)O.[Li+].[Li+]. The van der Waals surface area contributed by atoms with Crippen LogP contribution >= 0.6 is 7.82 Å². The summed E-state index contributed by atoms with van der Waals surface area (Å²) in [6, 6.07) is 0. The van der Waals surface area contributed by atoms with Gasteiger partial charge in [0.1, 0.15) is 0 Å². The minimum atomic E-state index is -4.94. The maximum absolute atomic E-state index is 9.70. The Bertz CT molecular complexity index is 135. The maximum atomic E-state index is 9.70. The molecule has 0 bridgehead atoms. The standard InChI is InChI=1S/C3H9O6P.2Li/c4-3(5)1-2-9-10(6,7)8;;/h3-5H,1-2H2,(H2,6,7,8);;/q;2*+1/p-2. The van der Waals surface area contributed by atoms with Crippen LogP contribution in [0.1, 0.15) is 6.42 Å². The molecule has 0 aromatic carbocycles. The van der Waals surface area contributed by atoms with Gasteiger partial charge in [0, 0.05) is 6.42 Å². The van der Waals surface area contributed by atoms with Crippen molar-refractivity contribution in [3.8, 4) is 0 Å². The second-order valence-electron chi connectivity index (χ2n) is 1.55. The fraction of sp³-hybridized carbons (Fsp3) is 1.00. The van der Waals surface area contributed by atoms with Gasteiger partial charge in [-0.25, -0.2) is 0 Å². The minimum Gasteiger partial charge on any atom is -0.790 e. The molecule has 0 aliphatic heterocycles. The second-order valence-corrected chi connectivity index (χ2v) is 2.70. The van der Waals surface area contributed by atoms with Gasteiger partial charge in [0.15, 0.2) is 6.29 Å². The number of aliphatic hydroxyl groups is 2. The van der Waals surface area contributed by atoms with Crippen molar-refractivity contribution in [1.82, 2.24) is 0 Å². The van der Waals surface area contributed by atoms with Gasteiger partial charge in [-0.1, -0.05) is 0 Å². The van der Waals surface area contributed by atoms with Crippen molar-refractivity contribution in [3.63, 3.8) is 0 Å². The van der Waals surface area contributed by atoms with Gasteiger partial charge in [0.2, 0.25) is 0 Å². The molecule has 0 spiro atoms. The monoisotopic (exact) mass is 184 g/mol. The number of aliphatic hydroxyl groups excluding tert-OH is 1. The van der Waals surface area contributed by atoms with Crippen LogP contribution in [0.25, 0.3) is 0 Å². The molecule has 9 heteroatoms. The van der Waals surface area contributed by atoms with E-state index in [2.05, 4.69) is 4.52 Å². The number of phosphoric ester groups is 1. The molecule has 0 aliphatic carbocycles. The predicted molar refractivity (Wildman–Crippen MR) is 26.4 cm³/mol. The van der Waals surface area contributed by atoms with E-state index >= 15 is 0 Å². The van der Waals surface area contributed by atoms with Crippen molar-refractivity contribution < 1.29 is 66.8 Å². The molecule has 0 saturated heterocycles. The van der Waals surface area contributed by atoms with Crippen LogP contribution in [-0.2, 0) is 9.09 Å². The first-order chi connectivity index (χ1) is 4.42. The van der Waals surface area contributed by atoms with Gasteiger partial charge < -0.3 is 29.1 Å². The summed E-state index contributed by atoms with van der Waals surface area (Å²) in [7, 11) is -4.94. The molecule has 0 amide bonds. The molecule has 0 heterocycles. The Kier molecular flexibility index (Phi) is 13.9. The number of phosphoric acid groups is 1. The van der Waals surface area contributed by atoms with Crippen LogP contribution in [0.4, 0.5) is 0 Å². The Morgan fingerprint density at radius 1 is 1.33 bits per heavy atom. The minimum absolute atomic E-state index is 0. The van der Waals surface area contributed by atoms with Crippen LogP contribution in [-0.4, -0.2) is 23.1 Å². The van der Waals surface area contributed by atoms with Crippen molar-refractivity contribution in [3.05, 3.63) is 0 Å². The first-order valence-corrected chi connectivity index (χ1v) is 3.90. The molecule has 0 aromatic heterocycles. The zero-order chi connectivity index (χ0) is 8.20. The van der Waals surface area contributed by atoms with E-state index in [0.717, 1.165) is 0 Å². The molecule has 0 atom stereocenters. The average Bonchev–Trinajstić information content (AvgIpc) is 1.59. The molecule has 0 rings (SSSR count). The number of hydrogen-bond acceptors (Lipinski definition) is 6. The summed E-state index contributed by atoms with van der Waals surface area (Å²) in [4.78, 5) is 19.4. The van der Waals surface area contributed by atoms with Crippen LogP contribution in [0, 0.1) is 0 Å². The molecular formula is C3H7Li2O6P. The Morgan fingerprint density at radius 3 is 2.00 bits per heavy atom. The fourth-order valence-corrected chi connectivity index (χ4v) is 0.599. The van der Waals surface area contributed by atoms with Crippen LogP contribution in [0.2, 0.25) is 0 Å². The summed E-state index contributed by atoms with van der Waals surface area (Å²) in [6.07, 6.45) is -1.94. The van der Waals surface area contributed by atoms with Gasteiger partial charge in [-0.05, 0) is 0 Å². The molecule has 2 N–H and O–H groups in total. The Labute approximate surface area is 93.9 Å².